The molecule has 1 aromatic rings. The maximum atomic E-state index is 12.4. The van der Waals surface area contributed by atoms with Gasteiger partial charge < -0.3 is 54.7 Å². The van der Waals surface area contributed by atoms with Crippen molar-refractivity contribution in [2.24, 2.45) is 0 Å². The smallest absolute Gasteiger partial charge is 0.306 e. The first-order chi connectivity index (χ1) is 18.2. The second-order valence-corrected chi connectivity index (χ2v) is 9.42. The van der Waals surface area contributed by atoms with E-state index in [4.69, 9.17) is 18.9 Å². The summed E-state index contributed by atoms with van der Waals surface area (Å²) < 4.78 is 21.5. The fourth-order valence-corrected chi connectivity index (χ4v) is 4.40. The molecule has 0 aliphatic carbocycles. The maximum absolute atomic E-state index is 12.4. The summed E-state index contributed by atoms with van der Waals surface area (Å²) in [6.07, 6.45) is -15.3. The molecule has 214 valence electrons. The third kappa shape index (κ3) is 7.76. The minimum absolute atomic E-state index is 0.00228. The fourth-order valence-electron chi connectivity index (χ4n) is 4.40. The van der Waals surface area contributed by atoms with Crippen LogP contribution in [0.15, 0.2) is 30.3 Å². The van der Waals surface area contributed by atoms with E-state index in [1.165, 1.54) is 0 Å². The Morgan fingerprint density at radius 2 is 1.42 bits per heavy atom. The van der Waals surface area contributed by atoms with Crippen LogP contribution in [0.3, 0.4) is 0 Å². The largest absolute Gasteiger partial charge is 0.461 e. The molecule has 2 fully saturated rings. The number of ketones is 1. The van der Waals surface area contributed by atoms with Crippen LogP contribution in [0.25, 0.3) is 0 Å². The first-order valence-electron chi connectivity index (χ1n) is 12.5. The summed E-state index contributed by atoms with van der Waals surface area (Å²) in [6.45, 7) is -1.26. The van der Waals surface area contributed by atoms with E-state index in [1.54, 1.807) is 0 Å². The van der Waals surface area contributed by atoms with E-state index in [1.807, 2.05) is 30.3 Å². The van der Waals surface area contributed by atoms with Crippen molar-refractivity contribution in [1.82, 2.24) is 0 Å². The number of aliphatic hydroxyl groups is 7. The first-order valence-corrected chi connectivity index (χ1v) is 12.5. The summed E-state index contributed by atoms with van der Waals surface area (Å²) in [7, 11) is 0. The van der Waals surface area contributed by atoms with Crippen molar-refractivity contribution < 1.29 is 64.3 Å². The van der Waals surface area contributed by atoms with Crippen LogP contribution in [-0.4, -0.2) is 122 Å². The van der Waals surface area contributed by atoms with Crippen molar-refractivity contribution in [3.63, 3.8) is 0 Å². The van der Waals surface area contributed by atoms with Gasteiger partial charge in [-0.3, -0.25) is 9.59 Å². The molecule has 2 saturated heterocycles. The molecular formula is C25H36O13. The normalized spacial score (nSPS) is 35.6. The Hall–Kier alpha value is -2.04. The molecule has 1 aromatic carbocycles. The summed E-state index contributed by atoms with van der Waals surface area (Å²) in [5.41, 5.74) is 0.839. The fraction of sp³-hybridized carbons (Fsp3) is 0.680. The number of carbonyl (C=O) groups is 2. The van der Waals surface area contributed by atoms with Gasteiger partial charge in [0.1, 0.15) is 61.2 Å². The molecule has 0 amide bonds. The molecule has 2 aliphatic heterocycles. The van der Waals surface area contributed by atoms with Crippen LogP contribution in [0.2, 0.25) is 0 Å². The van der Waals surface area contributed by atoms with Gasteiger partial charge >= 0.3 is 5.97 Å². The van der Waals surface area contributed by atoms with E-state index in [-0.39, 0.29) is 38.1 Å². The van der Waals surface area contributed by atoms with Crippen LogP contribution in [0, 0.1) is 0 Å². The van der Waals surface area contributed by atoms with Gasteiger partial charge in [-0.1, -0.05) is 30.3 Å². The molecule has 0 spiro atoms. The lowest BCUT2D eigenvalue weighted by atomic mass is 9.91. The summed E-state index contributed by atoms with van der Waals surface area (Å²) in [5.74, 6) is -0.804. The van der Waals surface area contributed by atoms with Gasteiger partial charge in [0.05, 0.1) is 19.3 Å². The van der Waals surface area contributed by atoms with E-state index in [0.717, 1.165) is 5.56 Å². The number of hydrogen-bond donors (Lipinski definition) is 7. The zero-order valence-corrected chi connectivity index (χ0v) is 20.7. The molecule has 0 radical (unpaired) electrons. The van der Waals surface area contributed by atoms with Gasteiger partial charge in [0.25, 0.3) is 0 Å². The van der Waals surface area contributed by atoms with Gasteiger partial charge in [-0.05, 0) is 12.0 Å². The molecule has 7 N–H and O–H groups in total. The number of benzene rings is 1. The Labute approximate surface area is 219 Å². The lowest BCUT2D eigenvalue weighted by molar-refractivity contribution is -0.341. The van der Waals surface area contributed by atoms with Crippen molar-refractivity contribution in [2.75, 3.05) is 13.2 Å². The number of esters is 1. The first kappa shape index (κ1) is 30.5. The highest BCUT2D eigenvalue weighted by molar-refractivity contribution is 5.79. The molecule has 38 heavy (non-hydrogen) atoms. The van der Waals surface area contributed by atoms with Crippen molar-refractivity contribution in [3.8, 4) is 0 Å². The van der Waals surface area contributed by atoms with Crippen LogP contribution in [0.1, 0.15) is 31.2 Å². The Balaban J connectivity index is 1.47. The van der Waals surface area contributed by atoms with Crippen LogP contribution < -0.4 is 0 Å². The third-order valence-corrected chi connectivity index (χ3v) is 6.61. The van der Waals surface area contributed by atoms with Gasteiger partial charge in [-0.15, -0.1) is 0 Å². The van der Waals surface area contributed by atoms with Gasteiger partial charge in [0, 0.05) is 19.3 Å². The van der Waals surface area contributed by atoms with Gasteiger partial charge in [0.15, 0.2) is 6.29 Å². The number of ether oxygens (including phenoxy) is 4. The Morgan fingerprint density at radius 3 is 2.08 bits per heavy atom. The zero-order chi connectivity index (χ0) is 27.8. The third-order valence-electron chi connectivity index (χ3n) is 6.61. The second-order valence-electron chi connectivity index (χ2n) is 9.42. The predicted molar refractivity (Wildman–Crippen MR) is 126 cm³/mol. The highest BCUT2D eigenvalue weighted by Gasteiger charge is 2.50. The van der Waals surface area contributed by atoms with Crippen molar-refractivity contribution in [1.29, 1.82) is 0 Å². The van der Waals surface area contributed by atoms with Crippen molar-refractivity contribution in [3.05, 3.63) is 35.9 Å². The van der Waals surface area contributed by atoms with Crippen LogP contribution in [0.4, 0.5) is 0 Å². The van der Waals surface area contributed by atoms with Gasteiger partial charge in [0.2, 0.25) is 0 Å². The second kappa shape index (κ2) is 14.4. The summed E-state index contributed by atoms with van der Waals surface area (Å²) in [4.78, 5) is 24.4. The Morgan fingerprint density at radius 1 is 0.763 bits per heavy atom. The highest BCUT2D eigenvalue weighted by Crippen LogP contribution is 2.30. The number of rotatable bonds is 12. The number of hydrogen-bond acceptors (Lipinski definition) is 13. The SMILES string of the molecule is O=C(CCCC(=O)OCc1ccccc1)C[C@@H]1OC(CO)[C@@H](O[C@@H]2OC(CO)[C@H](O)[C@H](O)C2O)[C@H](O)C1O. The predicted octanol–water partition coefficient (Wildman–Crippen LogP) is -2.47. The molecule has 3 rings (SSSR count). The molecule has 10 atom stereocenters. The summed E-state index contributed by atoms with van der Waals surface area (Å²) in [5, 5.41) is 70.3. The van der Waals surface area contributed by atoms with Crippen molar-refractivity contribution >= 4 is 11.8 Å². The average molecular weight is 545 g/mol. The van der Waals surface area contributed by atoms with E-state index >= 15 is 0 Å². The summed E-state index contributed by atoms with van der Waals surface area (Å²) >= 11 is 0. The molecule has 0 bridgehead atoms. The van der Waals surface area contributed by atoms with E-state index < -0.39 is 80.4 Å². The van der Waals surface area contributed by atoms with Crippen molar-refractivity contribution in [2.45, 2.75) is 93.5 Å². The standard InChI is InChI=1S/C25H36O13/c26-10-16-20(31)21(32)23(34)25(37-16)38-24-17(11-27)36-15(19(30)22(24)33)9-14(28)7-4-8-18(29)35-12-13-5-2-1-3-6-13/h1-3,5-6,15-17,19-27,30-34H,4,7-12H2/t15-,16?,17?,19?,20-,21-,22+,23?,24+,25-/m0/s1. The monoisotopic (exact) mass is 544 g/mol. The minimum Gasteiger partial charge on any atom is -0.461 e. The Kier molecular flexibility index (Phi) is 11.5. The van der Waals surface area contributed by atoms with Gasteiger partial charge in [-0.25, -0.2) is 0 Å². The lowest BCUT2D eigenvalue weighted by Gasteiger charge is -2.46. The molecule has 13 heteroatoms. The lowest BCUT2D eigenvalue weighted by Crippen LogP contribution is -2.64. The molecule has 0 saturated carbocycles. The molecule has 2 aliphatic rings. The summed E-state index contributed by atoms with van der Waals surface area (Å²) in [6, 6.07) is 9.13. The molecule has 2 heterocycles. The number of aliphatic hydroxyl groups excluding tert-OH is 7. The quantitative estimate of drug-likeness (QED) is 0.136. The maximum Gasteiger partial charge on any atom is 0.306 e. The Bertz CT molecular complexity index is 879. The zero-order valence-electron chi connectivity index (χ0n) is 20.7. The molecule has 13 nitrogen and oxygen atoms in total. The van der Waals surface area contributed by atoms with Gasteiger partial charge in [-0.2, -0.15) is 0 Å². The number of carbonyl (C=O) groups excluding carboxylic acids is 2. The highest BCUT2D eigenvalue weighted by atomic mass is 16.7. The molecule has 4 unspecified atom stereocenters. The topological polar surface area (TPSA) is 213 Å². The molecule has 0 aromatic heterocycles. The molecular weight excluding hydrogens is 508 g/mol. The number of Topliss-reactive ketones (excluding diaryl/α,β-unsaturated/α-hetero) is 1. The van der Waals surface area contributed by atoms with E-state index in [0.29, 0.717) is 0 Å². The van der Waals surface area contributed by atoms with E-state index in [2.05, 4.69) is 0 Å². The average Bonchev–Trinajstić information content (AvgIpc) is 2.92. The van der Waals surface area contributed by atoms with Crippen LogP contribution >= 0.6 is 0 Å². The minimum atomic E-state index is -1.77. The van der Waals surface area contributed by atoms with E-state index in [9.17, 15) is 45.3 Å². The van der Waals surface area contributed by atoms with Crippen LogP contribution in [0.5, 0.6) is 0 Å². The van der Waals surface area contributed by atoms with Crippen LogP contribution in [-0.2, 0) is 35.1 Å².